The molecule has 0 aromatic heterocycles. The van der Waals surface area contributed by atoms with E-state index in [4.69, 9.17) is 0 Å². The Labute approximate surface area is 100 Å². The average Bonchev–Trinajstić information content (AvgIpc) is 2.67. The van der Waals surface area contributed by atoms with Crippen LogP contribution in [-0.4, -0.2) is 16.8 Å². The van der Waals surface area contributed by atoms with Gasteiger partial charge in [0.25, 0.3) is 5.91 Å². The van der Waals surface area contributed by atoms with E-state index >= 15 is 0 Å². The molecule has 0 radical (unpaired) electrons. The zero-order chi connectivity index (χ0) is 11.8. The highest BCUT2D eigenvalue weighted by atomic mass is 19.1. The fourth-order valence-corrected chi connectivity index (χ4v) is 3.00. The number of carbonyl (C=O) groups excluding carboxylic acids is 1. The Balaban J connectivity index is 1.85. The number of halogens is 1. The zero-order valence-electron chi connectivity index (χ0n) is 9.79. The van der Waals surface area contributed by atoms with Crippen molar-refractivity contribution in [3.05, 3.63) is 35.1 Å². The van der Waals surface area contributed by atoms with Crippen LogP contribution in [0, 0.1) is 5.82 Å². The molecule has 0 spiro atoms. The van der Waals surface area contributed by atoms with E-state index in [-0.39, 0.29) is 11.7 Å². The van der Waals surface area contributed by atoms with Crippen LogP contribution in [0.5, 0.6) is 0 Å². The third-order valence-electron chi connectivity index (χ3n) is 3.91. The van der Waals surface area contributed by atoms with Crippen molar-refractivity contribution in [2.45, 2.75) is 44.7 Å². The number of benzene rings is 1. The highest BCUT2D eigenvalue weighted by Crippen LogP contribution is 2.31. The average molecular weight is 233 g/mol. The molecule has 3 rings (SSSR count). The molecule has 90 valence electrons. The number of fused-ring (bicyclic) bond motifs is 1. The lowest BCUT2D eigenvalue weighted by Gasteiger charge is -2.30. The molecule has 1 heterocycles. The van der Waals surface area contributed by atoms with Gasteiger partial charge in [0, 0.05) is 18.2 Å². The summed E-state index contributed by atoms with van der Waals surface area (Å²) >= 11 is 0. The van der Waals surface area contributed by atoms with Gasteiger partial charge in [-0.25, -0.2) is 4.39 Å². The van der Waals surface area contributed by atoms with Crippen LogP contribution in [0.25, 0.3) is 0 Å². The number of hydrogen-bond donors (Lipinski definition) is 0. The predicted octanol–water partition coefficient (Wildman–Crippen LogP) is 3.11. The Kier molecular flexibility index (Phi) is 2.61. The summed E-state index contributed by atoms with van der Waals surface area (Å²) in [7, 11) is 0. The molecule has 0 atom stereocenters. The van der Waals surface area contributed by atoms with E-state index < -0.39 is 0 Å². The first-order valence-corrected chi connectivity index (χ1v) is 6.35. The smallest absolute Gasteiger partial charge is 0.254 e. The molecule has 1 aromatic carbocycles. The van der Waals surface area contributed by atoms with Crippen LogP contribution in [-0.2, 0) is 6.54 Å². The maximum absolute atomic E-state index is 13.1. The summed E-state index contributed by atoms with van der Waals surface area (Å²) in [5.74, 6) is -0.158. The summed E-state index contributed by atoms with van der Waals surface area (Å²) in [5, 5.41) is 0. The fourth-order valence-electron chi connectivity index (χ4n) is 3.00. The van der Waals surface area contributed by atoms with Crippen molar-refractivity contribution in [1.29, 1.82) is 0 Å². The summed E-state index contributed by atoms with van der Waals surface area (Å²) in [6.07, 6.45) is 5.89. The van der Waals surface area contributed by atoms with Crippen LogP contribution in [0.3, 0.4) is 0 Å². The fraction of sp³-hybridized carbons (Fsp3) is 0.500. The first kappa shape index (κ1) is 10.8. The largest absolute Gasteiger partial charge is 0.331 e. The Bertz CT molecular complexity index is 452. The summed E-state index contributed by atoms with van der Waals surface area (Å²) in [6.45, 7) is 0.594. The van der Waals surface area contributed by atoms with Gasteiger partial charge >= 0.3 is 0 Å². The minimum atomic E-state index is -0.248. The quantitative estimate of drug-likeness (QED) is 0.729. The summed E-state index contributed by atoms with van der Waals surface area (Å²) in [4.78, 5) is 14.1. The second kappa shape index (κ2) is 4.13. The van der Waals surface area contributed by atoms with E-state index in [1.54, 1.807) is 6.07 Å². The number of amides is 1. The van der Waals surface area contributed by atoms with Gasteiger partial charge in [-0.3, -0.25) is 4.79 Å². The summed E-state index contributed by atoms with van der Waals surface area (Å²) in [6, 6.07) is 4.86. The highest BCUT2D eigenvalue weighted by Gasteiger charge is 2.33. The predicted molar refractivity (Wildman–Crippen MR) is 63.1 cm³/mol. The first-order chi connectivity index (χ1) is 8.25. The van der Waals surface area contributed by atoms with Crippen molar-refractivity contribution < 1.29 is 9.18 Å². The van der Waals surface area contributed by atoms with Crippen LogP contribution in [0.15, 0.2) is 18.2 Å². The number of hydrogen-bond acceptors (Lipinski definition) is 1. The van der Waals surface area contributed by atoms with Crippen molar-refractivity contribution in [1.82, 2.24) is 4.90 Å². The molecule has 2 nitrogen and oxygen atoms in total. The minimum absolute atomic E-state index is 0.0897. The molecule has 3 heteroatoms. The molecule has 0 N–H and O–H groups in total. The molecule has 17 heavy (non-hydrogen) atoms. The topological polar surface area (TPSA) is 20.3 Å². The molecular weight excluding hydrogens is 217 g/mol. The van der Waals surface area contributed by atoms with E-state index in [0.29, 0.717) is 18.2 Å². The number of rotatable bonds is 1. The standard InChI is InChI=1S/C14H16FNO/c15-11-6-7-13-10(8-11)9-16(14(13)17)12-4-2-1-3-5-12/h6-8,12H,1-5,9H2. The van der Waals surface area contributed by atoms with Crippen molar-refractivity contribution in [3.63, 3.8) is 0 Å². The van der Waals surface area contributed by atoms with Gasteiger partial charge in [0.2, 0.25) is 0 Å². The van der Waals surface area contributed by atoms with Crippen LogP contribution >= 0.6 is 0 Å². The van der Waals surface area contributed by atoms with Crippen LogP contribution < -0.4 is 0 Å². The van der Waals surface area contributed by atoms with Crippen molar-refractivity contribution in [3.8, 4) is 0 Å². The minimum Gasteiger partial charge on any atom is -0.331 e. The Morgan fingerprint density at radius 2 is 1.94 bits per heavy atom. The van der Waals surface area contributed by atoms with Gasteiger partial charge in [-0.05, 0) is 36.6 Å². The molecule has 1 saturated carbocycles. The number of carbonyl (C=O) groups is 1. The highest BCUT2D eigenvalue weighted by molar-refractivity contribution is 5.98. The third kappa shape index (κ3) is 1.84. The Hall–Kier alpha value is -1.38. The van der Waals surface area contributed by atoms with E-state index in [2.05, 4.69) is 0 Å². The maximum atomic E-state index is 13.1. The van der Waals surface area contributed by atoms with Gasteiger partial charge in [-0.2, -0.15) is 0 Å². The van der Waals surface area contributed by atoms with Crippen molar-refractivity contribution in [2.24, 2.45) is 0 Å². The molecule has 1 amide bonds. The lowest BCUT2D eigenvalue weighted by atomic mass is 9.94. The van der Waals surface area contributed by atoms with Gasteiger partial charge in [0.05, 0.1) is 0 Å². The third-order valence-corrected chi connectivity index (χ3v) is 3.91. The lowest BCUT2D eigenvalue weighted by molar-refractivity contribution is 0.0660. The summed E-state index contributed by atoms with van der Waals surface area (Å²) < 4.78 is 13.1. The monoisotopic (exact) mass is 233 g/mol. The van der Waals surface area contributed by atoms with Gasteiger partial charge in [-0.1, -0.05) is 19.3 Å². The van der Waals surface area contributed by atoms with Gasteiger partial charge in [-0.15, -0.1) is 0 Å². The Morgan fingerprint density at radius 1 is 1.18 bits per heavy atom. The summed E-state index contributed by atoms with van der Waals surface area (Å²) in [5.41, 5.74) is 1.54. The molecule has 1 aliphatic carbocycles. The van der Waals surface area contributed by atoms with Gasteiger partial charge in [0.1, 0.15) is 5.82 Å². The molecule has 1 aromatic rings. The molecule has 0 unspecified atom stereocenters. The van der Waals surface area contributed by atoms with E-state index in [1.165, 1.54) is 31.4 Å². The second-order valence-corrected chi connectivity index (χ2v) is 5.03. The molecule has 1 aliphatic heterocycles. The normalized spacial score (nSPS) is 20.8. The second-order valence-electron chi connectivity index (χ2n) is 5.03. The molecule has 1 fully saturated rings. The first-order valence-electron chi connectivity index (χ1n) is 6.35. The van der Waals surface area contributed by atoms with E-state index in [1.807, 2.05) is 4.90 Å². The van der Waals surface area contributed by atoms with Crippen molar-refractivity contribution >= 4 is 5.91 Å². The SMILES string of the molecule is O=C1c2ccc(F)cc2CN1C1CCCCC1. The maximum Gasteiger partial charge on any atom is 0.254 e. The molecule has 0 bridgehead atoms. The zero-order valence-corrected chi connectivity index (χ0v) is 9.79. The van der Waals surface area contributed by atoms with E-state index in [0.717, 1.165) is 18.4 Å². The lowest BCUT2D eigenvalue weighted by Crippen LogP contribution is -2.36. The van der Waals surface area contributed by atoms with Crippen LogP contribution in [0.4, 0.5) is 4.39 Å². The van der Waals surface area contributed by atoms with Gasteiger partial charge in [0.15, 0.2) is 0 Å². The molecule has 2 aliphatic rings. The Morgan fingerprint density at radius 3 is 2.71 bits per heavy atom. The molecule has 0 saturated heterocycles. The van der Waals surface area contributed by atoms with Crippen LogP contribution in [0.1, 0.15) is 48.0 Å². The molecular formula is C14H16FNO. The van der Waals surface area contributed by atoms with Crippen molar-refractivity contribution in [2.75, 3.05) is 0 Å². The van der Waals surface area contributed by atoms with Crippen LogP contribution in [0.2, 0.25) is 0 Å². The van der Waals surface area contributed by atoms with E-state index in [9.17, 15) is 9.18 Å². The number of nitrogens with zero attached hydrogens (tertiary/aromatic N) is 1. The van der Waals surface area contributed by atoms with Gasteiger partial charge < -0.3 is 4.90 Å².